The van der Waals surface area contributed by atoms with Crippen molar-refractivity contribution in [1.29, 1.82) is 0 Å². The van der Waals surface area contributed by atoms with Crippen molar-refractivity contribution in [2.24, 2.45) is 0 Å². The Bertz CT molecular complexity index is 774. The first kappa shape index (κ1) is 21.7. The second-order valence-electron chi connectivity index (χ2n) is 6.66. The maximum absolute atomic E-state index is 12.2. The number of nitrogens with one attached hydrogen (secondary N) is 3. The van der Waals surface area contributed by atoms with Gasteiger partial charge in [-0.25, -0.2) is 0 Å². The lowest BCUT2D eigenvalue weighted by Gasteiger charge is -2.21. The Labute approximate surface area is 171 Å². The van der Waals surface area contributed by atoms with Crippen molar-refractivity contribution in [3.8, 4) is 0 Å². The van der Waals surface area contributed by atoms with Gasteiger partial charge in [-0.1, -0.05) is 23.7 Å². The molecule has 0 aliphatic rings. The number of anilines is 1. The van der Waals surface area contributed by atoms with E-state index >= 15 is 0 Å². The number of carbonyl (C=O) groups excluding carboxylic acids is 2. The van der Waals surface area contributed by atoms with Gasteiger partial charge in [-0.3, -0.25) is 20.4 Å². The van der Waals surface area contributed by atoms with Gasteiger partial charge >= 0.3 is 0 Å². The average Bonchev–Trinajstić information content (AvgIpc) is 2.69. The second-order valence-corrected chi connectivity index (χ2v) is 7.10. The summed E-state index contributed by atoms with van der Waals surface area (Å²) in [5.74, 6) is -0.589. The Morgan fingerprint density at radius 2 is 1.57 bits per heavy atom. The molecule has 0 radical (unpaired) electrons. The maximum atomic E-state index is 12.2. The monoisotopic (exact) mass is 403 g/mol. The number of amides is 2. The van der Waals surface area contributed by atoms with Crippen LogP contribution in [0.2, 0.25) is 5.02 Å². The number of halogens is 1. The molecule has 0 heterocycles. The van der Waals surface area contributed by atoms with Crippen LogP contribution in [0.15, 0.2) is 48.5 Å². The minimum atomic E-state index is -0.338. The summed E-state index contributed by atoms with van der Waals surface area (Å²) in [7, 11) is 1.92. The van der Waals surface area contributed by atoms with Crippen LogP contribution < -0.4 is 20.7 Å². The van der Waals surface area contributed by atoms with Crippen LogP contribution in [0, 0.1) is 0 Å². The Balaban J connectivity index is 1.79. The van der Waals surface area contributed by atoms with Crippen LogP contribution in [0.3, 0.4) is 0 Å². The molecule has 0 fully saturated rings. The third kappa shape index (κ3) is 6.55. The van der Waals surface area contributed by atoms with E-state index in [0.29, 0.717) is 17.1 Å². The molecular formula is C21H28ClN4O2+. The normalized spacial score (nSPS) is 11.6. The lowest BCUT2D eigenvalue weighted by atomic mass is 10.2. The molecule has 2 amide bonds. The first-order chi connectivity index (χ1) is 13.4. The molecule has 1 unspecified atom stereocenters. The lowest BCUT2D eigenvalue weighted by Crippen LogP contribution is -3.09. The van der Waals surface area contributed by atoms with Crippen molar-refractivity contribution in [3.63, 3.8) is 0 Å². The van der Waals surface area contributed by atoms with Crippen LogP contribution in [0.5, 0.6) is 0 Å². The van der Waals surface area contributed by atoms with E-state index in [0.717, 1.165) is 29.2 Å². The van der Waals surface area contributed by atoms with E-state index in [9.17, 15) is 9.59 Å². The molecule has 1 atom stereocenters. The number of carbonyl (C=O) groups is 2. The van der Waals surface area contributed by atoms with Crippen molar-refractivity contribution in [2.45, 2.75) is 20.4 Å². The fourth-order valence-electron chi connectivity index (χ4n) is 2.94. The SMILES string of the molecule is CCN(CC)c1ccc(C(=O)NNC(=O)C[NH+](C)Cc2ccc(Cl)cc2)cc1. The second kappa shape index (κ2) is 10.7. The van der Waals surface area contributed by atoms with E-state index in [1.54, 1.807) is 12.1 Å². The summed E-state index contributed by atoms with van der Waals surface area (Å²) in [5, 5.41) is 0.687. The van der Waals surface area contributed by atoms with Crippen molar-refractivity contribution in [3.05, 3.63) is 64.7 Å². The summed E-state index contributed by atoms with van der Waals surface area (Å²) in [6, 6.07) is 14.9. The van der Waals surface area contributed by atoms with Crippen LogP contribution in [-0.4, -0.2) is 38.5 Å². The van der Waals surface area contributed by atoms with E-state index in [2.05, 4.69) is 29.6 Å². The fraction of sp³-hybridized carbons (Fsp3) is 0.333. The highest BCUT2D eigenvalue weighted by Crippen LogP contribution is 2.14. The molecule has 2 aromatic rings. The van der Waals surface area contributed by atoms with Crippen molar-refractivity contribution >= 4 is 29.1 Å². The quantitative estimate of drug-likeness (QED) is 0.587. The summed E-state index contributed by atoms with van der Waals surface area (Å²) in [5.41, 5.74) is 7.60. The van der Waals surface area contributed by atoms with Crippen molar-refractivity contribution < 1.29 is 14.5 Å². The molecule has 0 aliphatic heterocycles. The van der Waals surface area contributed by atoms with Gasteiger partial charge in [0.15, 0.2) is 6.54 Å². The first-order valence-corrected chi connectivity index (χ1v) is 9.80. The number of benzene rings is 2. The van der Waals surface area contributed by atoms with Gasteiger partial charge in [0.1, 0.15) is 6.54 Å². The molecule has 3 N–H and O–H groups in total. The van der Waals surface area contributed by atoms with Crippen LogP contribution in [0.4, 0.5) is 5.69 Å². The molecule has 0 bridgehead atoms. The predicted octanol–water partition coefficient (Wildman–Crippen LogP) is 1.66. The van der Waals surface area contributed by atoms with Crippen LogP contribution in [-0.2, 0) is 11.3 Å². The minimum Gasteiger partial charge on any atom is -0.372 e. The highest BCUT2D eigenvalue weighted by atomic mass is 35.5. The number of quaternary nitrogens is 1. The number of hydrazine groups is 1. The Morgan fingerprint density at radius 3 is 2.14 bits per heavy atom. The molecule has 0 saturated heterocycles. The van der Waals surface area contributed by atoms with Gasteiger partial charge in [-0.05, 0) is 50.2 Å². The van der Waals surface area contributed by atoms with E-state index < -0.39 is 0 Å². The zero-order valence-corrected chi connectivity index (χ0v) is 17.3. The molecule has 0 aromatic heterocycles. The standard InChI is InChI=1S/C21H27ClN4O2/c1-4-26(5-2)19-12-8-17(9-13-19)21(28)24-23-20(27)15-25(3)14-16-6-10-18(22)11-7-16/h6-13H,4-5,14-15H2,1-3H3,(H,23,27)(H,24,28)/p+1. The third-order valence-corrected chi connectivity index (χ3v) is 4.71. The number of hydrogen-bond acceptors (Lipinski definition) is 3. The highest BCUT2D eigenvalue weighted by molar-refractivity contribution is 6.30. The molecule has 2 aromatic carbocycles. The molecule has 2 rings (SSSR count). The number of rotatable bonds is 8. The largest absolute Gasteiger partial charge is 0.372 e. The highest BCUT2D eigenvalue weighted by Gasteiger charge is 2.13. The first-order valence-electron chi connectivity index (χ1n) is 9.42. The molecular weight excluding hydrogens is 376 g/mol. The smallest absolute Gasteiger partial charge is 0.293 e. The fourth-order valence-corrected chi connectivity index (χ4v) is 3.07. The van der Waals surface area contributed by atoms with Gasteiger partial charge in [0.25, 0.3) is 11.8 Å². The molecule has 0 spiro atoms. The van der Waals surface area contributed by atoms with E-state index in [-0.39, 0.29) is 18.4 Å². The maximum Gasteiger partial charge on any atom is 0.293 e. The van der Waals surface area contributed by atoms with E-state index in [4.69, 9.17) is 11.6 Å². The van der Waals surface area contributed by atoms with Crippen molar-refractivity contribution in [2.75, 3.05) is 31.6 Å². The van der Waals surface area contributed by atoms with E-state index in [1.165, 1.54) is 0 Å². The summed E-state index contributed by atoms with van der Waals surface area (Å²) < 4.78 is 0. The van der Waals surface area contributed by atoms with Gasteiger partial charge in [0.05, 0.1) is 7.05 Å². The molecule has 28 heavy (non-hydrogen) atoms. The van der Waals surface area contributed by atoms with Gasteiger partial charge in [-0.2, -0.15) is 0 Å². The number of hydrogen-bond donors (Lipinski definition) is 3. The molecule has 6 nitrogen and oxygen atoms in total. The molecule has 7 heteroatoms. The van der Waals surface area contributed by atoms with Crippen LogP contribution in [0.1, 0.15) is 29.8 Å². The van der Waals surface area contributed by atoms with Gasteiger partial charge < -0.3 is 9.80 Å². The van der Waals surface area contributed by atoms with Gasteiger partial charge in [0, 0.05) is 34.9 Å². The Kier molecular flexibility index (Phi) is 8.29. The summed E-state index contributed by atoms with van der Waals surface area (Å²) in [6.07, 6.45) is 0. The zero-order chi connectivity index (χ0) is 20.5. The molecule has 0 saturated carbocycles. The summed E-state index contributed by atoms with van der Waals surface area (Å²) in [4.78, 5) is 27.5. The minimum absolute atomic E-state index is 0.240. The Morgan fingerprint density at radius 1 is 0.964 bits per heavy atom. The summed E-state index contributed by atoms with van der Waals surface area (Å²) in [6.45, 7) is 6.92. The third-order valence-electron chi connectivity index (χ3n) is 4.46. The van der Waals surface area contributed by atoms with Crippen LogP contribution >= 0.6 is 11.6 Å². The number of nitrogens with zero attached hydrogens (tertiary/aromatic N) is 1. The van der Waals surface area contributed by atoms with E-state index in [1.807, 2.05) is 43.4 Å². The average molecular weight is 404 g/mol. The Hall–Kier alpha value is -2.57. The van der Waals surface area contributed by atoms with Crippen molar-refractivity contribution in [1.82, 2.24) is 10.9 Å². The van der Waals surface area contributed by atoms with Crippen LogP contribution in [0.25, 0.3) is 0 Å². The molecule has 0 aliphatic carbocycles. The van der Waals surface area contributed by atoms with Gasteiger partial charge in [0.2, 0.25) is 0 Å². The lowest BCUT2D eigenvalue weighted by molar-refractivity contribution is -0.885. The summed E-state index contributed by atoms with van der Waals surface area (Å²) >= 11 is 5.88. The topological polar surface area (TPSA) is 65.9 Å². The zero-order valence-electron chi connectivity index (χ0n) is 16.6. The molecule has 150 valence electrons. The predicted molar refractivity (Wildman–Crippen MR) is 113 cm³/mol. The number of likely N-dealkylation sites (N-methyl/N-ethyl adjacent to an activating group) is 1. The van der Waals surface area contributed by atoms with Gasteiger partial charge in [-0.15, -0.1) is 0 Å².